The predicted octanol–water partition coefficient (Wildman–Crippen LogP) is 1.89. The molecule has 0 heterocycles. The molecule has 1 amide bonds. The maximum atomic E-state index is 12.1. The Balaban J connectivity index is 0.000000887. The molecule has 28 heavy (non-hydrogen) atoms. The third-order valence-electron chi connectivity index (χ3n) is 3.39. The summed E-state index contributed by atoms with van der Waals surface area (Å²) in [5.74, 6) is -3.23. The van der Waals surface area contributed by atoms with E-state index in [1.807, 2.05) is 44.2 Å². The number of nitrogens with two attached hydrogens (primary N) is 1. The maximum Gasteiger partial charge on any atom is 0.490 e. The average molecular weight is 406 g/mol. The highest BCUT2D eigenvalue weighted by Crippen LogP contribution is 2.13. The van der Waals surface area contributed by atoms with E-state index in [-0.39, 0.29) is 5.91 Å². The first kappa shape index (κ1) is 25.4. The molecule has 4 N–H and O–H groups in total. The first-order valence-corrected chi connectivity index (χ1v) is 8.36. The molecule has 0 aliphatic carbocycles. The van der Waals surface area contributed by atoms with Crippen molar-refractivity contribution in [3.8, 4) is 0 Å². The molecule has 0 spiro atoms. The van der Waals surface area contributed by atoms with E-state index in [1.54, 1.807) is 0 Å². The van der Waals surface area contributed by atoms with Crippen molar-refractivity contribution in [1.82, 2.24) is 5.32 Å². The monoisotopic (exact) mass is 406 g/mol. The number of carboxylic acid groups (broad SMARTS) is 1. The Hall–Kier alpha value is -2.62. The molecular formula is C18H25F3N2O5. The van der Waals surface area contributed by atoms with Gasteiger partial charge >= 0.3 is 18.1 Å². The number of hydrogen-bond donors (Lipinski definition) is 3. The van der Waals surface area contributed by atoms with E-state index in [2.05, 4.69) is 5.32 Å². The molecule has 1 rings (SSSR count). The highest BCUT2D eigenvalue weighted by atomic mass is 19.4. The molecule has 0 aliphatic heterocycles. The van der Waals surface area contributed by atoms with Gasteiger partial charge in [0.1, 0.15) is 6.04 Å². The van der Waals surface area contributed by atoms with Gasteiger partial charge in [0.15, 0.2) is 0 Å². The lowest BCUT2D eigenvalue weighted by molar-refractivity contribution is -0.192. The number of rotatable bonds is 7. The second kappa shape index (κ2) is 12.0. The van der Waals surface area contributed by atoms with Crippen molar-refractivity contribution in [1.29, 1.82) is 0 Å². The van der Waals surface area contributed by atoms with Crippen LogP contribution in [-0.2, 0) is 25.5 Å². The predicted molar refractivity (Wildman–Crippen MR) is 95.2 cm³/mol. The van der Waals surface area contributed by atoms with Crippen molar-refractivity contribution in [3.05, 3.63) is 35.9 Å². The zero-order chi connectivity index (χ0) is 21.9. The normalized spacial score (nSPS) is 13.0. The van der Waals surface area contributed by atoms with Crippen LogP contribution < -0.4 is 11.1 Å². The molecule has 0 fully saturated rings. The summed E-state index contributed by atoms with van der Waals surface area (Å²) in [6.45, 7) is 3.99. The number of ether oxygens (including phenoxy) is 1. The van der Waals surface area contributed by atoms with Gasteiger partial charge in [-0.1, -0.05) is 44.2 Å². The number of carbonyl (C=O) groups is 3. The van der Waals surface area contributed by atoms with Crippen molar-refractivity contribution < 1.29 is 37.4 Å². The molecule has 1 aromatic carbocycles. The third-order valence-corrected chi connectivity index (χ3v) is 3.39. The fourth-order valence-electron chi connectivity index (χ4n) is 2.08. The number of amides is 1. The SMILES string of the molecule is COC(=O)[C@H](Cc1ccccc1)NC(=O)[C@H](N)CC(C)C.O=C(O)C(F)(F)F. The number of carboxylic acids is 1. The van der Waals surface area contributed by atoms with E-state index in [0.29, 0.717) is 18.8 Å². The summed E-state index contributed by atoms with van der Waals surface area (Å²) in [6, 6.07) is 8.13. The minimum absolute atomic E-state index is 0.316. The molecule has 0 bridgehead atoms. The summed E-state index contributed by atoms with van der Waals surface area (Å²) in [5.41, 5.74) is 6.79. The van der Waals surface area contributed by atoms with Gasteiger partial charge < -0.3 is 20.9 Å². The van der Waals surface area contributed by atoms with E-state index >= 15 is 0 Å². The van der Waals surface area contributed by atoms with Gasteiger partial charge in [-0.3, -0.25) is 4.79 Å². The number of esters is 1. The lowest BCUT2D eigenvalue weighted by Crippen LogP contribution is -2.50. The Kier molecular flexibility index (Phi) is 10.8. The number of benzene rings is 1. The molecule has 7 nitrogen and oxygen atoms in total. The molecule has 158 valence electrons. The van der Waals surface area contributed by atoms with Gasteiger partial charge in [0.2, 0.25) is 5.91 Å². The summed E-state index contributed by atoms with van der Waals surface area (Å²) in [5, 5.41) is 9.81. The molecule has 10 heteroatoms. The standard InChI is InChI=1S/C16H24N2O3.C2HF3O2/c1-11(2)9-13(17)15(19)18-14(16(20)21-3)10-12-7-5-4-6-8-12;3-2(4,5)1(6)7/h4-8,11,13-14H,9-10,17H2,1-3H3,(H,18,19);(H,6,7)/t13-,14+;/m1./s1. The molecule has 2 atom stereocenters. The summed E-state index contributed by atoms with van der Waals surface area (Å²) >= 11 is 0. The number of aliphatic carboxylic acids is 1. The summed E-state index contributed by atoms with van der Waals surface area (Å²) < 4.78 is 36.5. The van der Waals surface area contributed by atoms with Crippen molar-refractivity contribution >= 4 is 17.8 Å². The second-order valence-electron chi connectivity index (χ2n) is 6.31. The molecule has 0 saturated heterocycles. The zero-order valence-corrected chi connectivity index (χ0v) is 15.8. The topological polar surface area (TPSA) is 119 Å². The Morgan fingerprint density at radius 3 is 2.07 bits per heavy atom. The van der Waals surface area contributed by atoms with Crippen molar-refractivity contribution in [2.75, 3.05) is 7.11 Å². The van der Waals surface area contributed by atoms with Gasteiger partial charge in [-0.2, -0.15) is 13.2 Å². The lowest BCUT2D eigenvalue weighted by Gasteiger charge is -2.20. The number of nitrogens with one attached hydrogen (secondary N) is 1. The number of halogens is 3. The number of carbonyl (C=O) groups excluding carboxylic acids is 2. The van der Waals surface area contributed by atoms with Gasteiger partial charge in [0.05, 0.1) is 13.2 Å². The quantitative estimate of drug-likeness (QED) is 0.595. The van der Waals surface area contributed by atoms with Crippen LogP contribution in [0.2, 0.25) is 0 Å². The Bertz CT molecular complexity index is 636. The highest BCUT2D eigenvalue weighted by Gasteiger charge is 2.38. The molecule has 1 aromatic rings. The van der Waals surface area contributed by atoms with Gasteiger partial charge in [-0.05, 0) is 17.9 Å². The minimum Gasteiger partial charge on any atom is -0.475 e. The van der Waals surface area contributed by atoms with Crippen LogP contribution in [0.25, 0.3) is 0 Å². The highest BCUT2D eigenvalue weighted by molar-refractivity contribution is 5.87. The lowest BCUT2D eigenvalue weighted by atomic mass is 10.0. The van der Waals surface area contributed by atoms with Crippen LogP contribution in [0.5, 0.6) is 0 Å². The van der Waals surface area contributed by atoms with E-state index in [4.69, 9.17) is 20.4 Å². The van der Waals surface area contributed by atoms with Gasteiger partial charge in [-0.15, -0.1) is 0 Å². The molecular weight excluding hydrogens is 381 g/mol. The first-order chi connectivity index (χ1) is 12.9. The van der Waals surface area contributed by atoms with E-state index < -0.39 is 30.2 Å². The maximum absolute atomic E-state index is 12.1. The zero-order valence-electron chi connectivity index (χ0n) is 15.8. The Labute approximate surface area is 161 Å². The molecule has 0 saturated carbocycles. The molecule has 0 unspecified atom stereocenters. The van der Waals surface area contributed by atoms with Crippen molar-refractivity contribution in [2.24, 2.45) is 11.7 Å². The summed E-state index contributed by atoms with van der Waals surface area (Å²) in [6.07, 6.45) is -4.13. The largest absolute Gasteiger partial charge is 0.490 e. The first-order valence-electron chi connectivity index (χ1n) is 8.36. The molecule has 0 aliphatic rings. The summed E-state index contributed by atoms with van der Waals surface area (Å²) in [7, 11) is 1.31. The number of hydrogen-bond acceptors (Lipinski definition) is 5. The van der Waals surface area contributed by atoms with Crippen molar-refractivity contribution in [3.63, 3.8) is 0 Å². The van der Waals surface area contributed by atoms with Gasteiger partial charge in [0.25, 0.3) is 0 Å². The smallest absolute Gasteiger partial charge is 0.475 e. The van der Waals surface area contributed by atoms with Gasteiger partial charge in [-0.25, -0.2) is 9.59 Å². The van der Waals surface area contributed by atoms with E-state index in [1.165, 1.54) is 7.11 Å². The fraction of sp³-hybridized carbons (Fsp3) is 0.500. The number of methoxy groups -OCH3 is 1. The average Bonchev–Trinajstić information content (AvgIpc) is 2.60. The Morgan fingerprint density at radius 1 is 1.18 bits per heavy atom. The van der Waals surface area contributed by atoms with Crippen LogP contribution in [0.3, 0.4) is 0 Å². The van der Waals surface area contributed by atoms with Crippen molar-refractivity contribution in [2.45, 2.75) is 44.9 Å². The Morgan fingerprint density at radius 2 is 1.68 bits per heavy atom. The summed E-state index contributed by atoms with van der Waals surface area (Å²) in [4.78, 5) is 32.8. The minimum atomic E-state index is -5.08. The third kappa shape index (κ3) is 10.5. The van der Waals surface area contributed by atoms with Crippen LogP contribution in [0.1, 0.15) is 25.8 Å². The van der Waals surface area contributed by atoms with E-state index in [9.17, 15) is 22.8 Å². The van der Waals surface area contributed by atoms with Crippen LogP contribution in [0, 0.1) is 5.92 Å². The van der Waals surface area contributed by atoms with Crippen LogP contribution in [0.4, 0.5) is 13.2 Å². The van der Waals surface area contributed by atoms with E-state index in [0.717, 1.165) is 5.56 Å². The molecule has 0 aromatic heterocycles. The fourth-order valence-corrected chi connectivity index (χ4v) is 2.08. The second-order valence-corrected chi connectivity index (χ2v) is 6.31. The molecule has 0 radical (unpaired) electrons. The van der Waals surface area contributed by atoms with Crippen LogP contribution >= 0.6 is 0 Å². The number of alkyl halides is 3. The van der Waals surface area contributed by atoms with Gasteiger partial charge in [0, 0.05) is 6.42 Å². The van der Waals surface area contributed by atoms with Crippen LogP contribution in [0.15, 0.2) is 30.3 Å². The van der Waals surface area contributed by atoms with Crippen LogP contribution in [-0.4, -0.2) is 48.3 Å².